The molecule has 230 valence electrons. The van der Waals surface area contributed by atoms with Crippen molar-refractivity contribution in [2.75, 3.05) is 6.61 Å². The smallest absolute Gasteiger partial charge is 0.268 e. The zero-order chi connectivity index (χ0) is 32.0. The first-order valence-electron chi connectivity index (χ1n) is 15.1. The highest BCUT2D eigenvalue weighted by molar-refractivity contribution is 7.90. The Kier molecular flexibility index (Phi) is 8.40. The van der Waals surface area contributed by atoms with Crippen molar-refractivity contribution in [1.82, 2.24) is 13.5 Å². The van der Waals surface area contributed by atoms with Gasteiger partial charge in [0.25, 0.3) is 10.0 Å². The van der Waals surface area contributed by atoms with Crippen molar-refractivity contribution >= 4 is 40.0 Å². The molecule has 3 aromatic carbocycles. The predicted octanol–water partition coefficient (Wildman–Crippen LogP) is 8.05. The van der Waals surface area contributed by atoms with E-state index < -0.39 is 23.5 Å². The van der Waals surface area contributed by atoms with Crippen LogP contribution >= 0.6 is 0 Å². The monoisotopic (exact) mass is 626 g/mol. The number of fused-ring (bicyclic) bond motifs is 2. The lowest BCUT2D eigenvalue weighted by molar-refractivity contribution is 0.0859. The van der Waals surface area contributed by atoms with Gasteiger partial charge in [0.2, 0.25) is 0 Å². The molecule has 5 aromatic rings. The van der Waals surface area contributed by atoms with Crippen LogP contribution < -0.4 is 0 Å². The number of imidazole rings is 1. The average Bonchev–Trinajstić information content (AvgIpc) is 3.57. The molecule has 0 fully saturated rings. The van der Waals surface area contributed by atoms with Crippen molar-refractivity contribution in [2.24, 2.45) is 0 Å². The second-order valence-corrected chi connectivity index (χ2v) is 20.7. The van der Waals surface area contributed by atoms with E-state index in [4.69, 9.17) is 9.72 Å². The van der Waals surface area contributed by atoms with E-state index in [0.29, 0.717) is 30.8 Å². The van der Waals surface area contributed by atoms with Crippen LogP contribution in [0.4, 0.5) is 0 Å². The fourth-order valence-electron chi connectivity index (χ4n) is 6.16. The van der Waals surface area contributed by atoms with Gasteiger partial charge >= 0.3 is 0 Å². The van der Waals surface area contributed by atoms with Crippen LogP contribution in [0.15, 0.2) is 65.7 Å². The molecule has 0 aliphatic rings. The molecule has 0 saturated heterocycles. The molecule has 9 heteroatoms. The number of nitrogens with zero attached hydrogens (tertiary/aromatic N) is 4. The van der Waals surface area contributed by atoms with Gasteiger partial charge in [0.15, 0.2) is 0 Å². The standard InChI is InChI=1S/C35H42N4O3SSi/c1-9-35(5,34-37-30-15-12-27(22-36)21-31(30)38(34)23-42-18-19-44(6,7)8)32-25(3)20-26(4)33-29(32)16-17-39(33)43(40,41)28-13-10-24(2)11-14-28/h10-17,20-21H,9,18-19,23H2,1-8H3. The lowest BCUT2D eigenvalue weighted by Gasteiger charge is -2.32. The van der Waals surface area contributed by atoms with E-state index in [2.05, 4.69) is 57.1 Å². The van der Waals surface area contributed by atoms with E-state index in [9.17, 15) is 13.7 Å². The van der Waals surface area contributed by atoms with Crippen LogP contribution in [0.2, 0.25) is 25.7 Å². The SMILES string of the molecule is CCC(C)(c1c(C)cc(C)c2c1ccn2S(=O)(=O)c1ccc(C)cc1)c1nc2ccc(C#N)cc2n1COCC[Si](C)(C)C. The molecular formula is C35H42N4O3SSi. The number of ether oxygens (including phenoxy) is 1. The third kappa shape index (κ3) is 5.62. The van der Waals surface area contributed by atoms with E-state index in [0.717, 1.165) is 50.5 Å². The maximum Gasteiger partial charge on any atom is 0.268 e. The molecule has 0 aliphatic carbocycles. The second-order valence-electron chi connectivity index (χ2n) is 13.3. The summed E-state index contributed by atoms with van der Waals surface area (Å²) in [5, 5.41) is 10.6. The number of hydrogen-bond donors (Lipinski definition) is 0. The fourth-order valence-corrected chi connectivity index (χ4v) is 8.33. The van der Waals surface area contributed by atoms with Crippen LogP contribution in [0.25, 0.3) is 21.9 Å². The molecule has 7 nitrogen and oxygen atoms in total. The number of aryl methyl sites for hydroxylation is 3. The summed E-state index contributed by atoms with van der Waals surface area (Å²) in [6.45, 7) is 18.3. The Morgan fingerprint density at radius 1 is 1.00 bits per heavy atom. The van der Waals surface area contributed by atoms with E-state index in [-0.39, 0.29) is 4.90 Å². The van der Waals surface area contributed by atoms with E-state index >= 15 is 0 Å². The maximum atomic E-state index is 13.9. The Bertz CT molecular complexity index is 2010. The lowest BCUT2D eigenvalue weighted by atomic mass is 9.75. The minimum atomic E-state index is -3.82. The average molecular weight is 627 g/mol. The topological polar surface area (TPSA) is 89.9 Å². The number of aromatic nitrogens is 3. The van der Waals surface area contributed by atoms with Gasteiger partial charge in [-0.3, -0.25) is 0 Å². The summed E-state index contributed by atoms with van der Waals surface area (Å²) in [5.74, 6) is 0.834. The van der Waals surface area contributed by atoms with Crippen LogP contribution in [0.1, 0.15) is 53.9 Å². The number of nitriles is 1. The molecule has 2 heterocycles. The third-order valence-electron chi connectivity index (χ3n) is 8.75. The molecule has 0 bridgehead atoms. The molecule has 2 aromatic heterocycles. The van der Waals surface area contributed by atoms with Crippen LogP contribution in [-0.2, 0) is 26.9 Å². The third-order valence-corrected chi connectivity index (χ3v) is 12.1. The normalized spacial score (nSPS) is 13.8. The van der Waals surface area contributed by atoms with E-state index in [1.165, 1.54) is 3.97 Å². The molecule has 0 radical (unpaired) electrons. The van der Waals surface area contributed by atoms with Gasteiger partial charge in [-0.05, 0) is 93.2 Å². The molecule has 44 heavy (non-hydrogen) atoms. The molecule has 0 saturated carbocycles. The first-order valence-corrected chi connectivity index (χ1v) is 20.3. The number of benzene rings is 3. The first kappa shape index (κ1) is 31.7. The van der Waals surface area contributed by atoms with Gasteiger partial charge in [0.05, 0.1) is 38.5 Å². The van der Waals surface area contributed by atoms with E-state index in [1.807, 2.05) is 44.2 Å². The minimum Gasteiger partial charge on any atom is -0.361 e. The molecule has 0 aliphatic heterocycles. The number of hydrogen-bond acceptors (Lipinski definition) is 5. The molecule has 0 amide bonds. The highest BCUT2D eigenvalue weighted by Crippen LogP contribution is 2.43. The van der Waals surface area contributed by atoms with Gasteiger partial charge in [-0.15, -0.1) is 0 Å². The van der Waals surface area contributed by atoms with Crippen LogP contribution in [-0.4, -0.2) is 36.6 Å². The molecule has 5 rings (SSSR count). The van der Waals surface area contributed by atoms with Gasteiger partial charge in [0, 0.05) is 26.3 Å². The Morgan fingerprint density at radius 2 is 1.70 bits per heavy atom. The number of rotatable bonds is 10. The van der Waals surface area contributed by atoms with Gasteiger partial charge < -0.3 is 9.30 Å². The summed E-state index contributed by atoms with van der Waals surface area (Å²) in [4.78, 5) is 5.43. The summed E-state index contributed by atoms with van der Waals surface area (Å²) in [7, 11) is -5.11. The highest BCUT2D eigenvalue weighted by Gasteiger charge is 2.37. The summed E-state index contributed by atoms with van der Waals surface area (Å²) in [6, 6.07) is 19.9. The highest BCUT2D eigenvalue weighted by atomic mass is 32.2. The minimum absolute atomic E-state index is 0.255. The molecule has 0 spiro atoms. The van der Waals surface area contributed by atoms with Gasteiger partial charge in [-0.25, -0.2) is 17.4 Å². The van der Waals surface area contributed by atoms with Crippen LogP contribution in [0, 0.1) is 32.1 Å². The van der Waals surface area contributed by atoms with Crippen LogP contribution in [0.5, 0.6) is 0 Å². The van der Waals surface area contributed by atoms with Crippen molar-refractivity contribution in [3.05, 3.63) is 94.4 Å². The Morgan fingerprint density at radius 3 is 2.34 bits per heavy atom. The lowest BCUT2D eigenvalue weighted by Crippen LogP contribution is -2.29. The summed E-state index contributed by atoms with van der Waals surface area (Å²) < 4.78 is 37.6. The van der Waals surface area contributed by atoms with Gasteiger partial charge in [-0.2, -0.15) is 5.26 Å². The molecule has 1 atom stereocenters. The maximum absolute atomic E-state index is 13.9. The van der Waals surface area contributed by atoms with Crippen molar-refractivity contribution < 1.29 is 13.2 Å². The Balaban J connectivity index is 1.72. The van der Waals surface area contributed by atoms with Crippen LogP contribution in [0.3, 0.4) is 0 Å². The summed E-state index contributed by atoms with van der Waals surface area (Å²) >= 11 is 0. The van der Waals surface area contributed by atoms with Crippen molar-refractivity contribution in [1.29, 1.82) is 5.26 Å². The Hall–Kier alpha value is -3.71. The first-order chi connectivity index (χ1) is 20.7. The van der Waals surface area contributed by atoms with Gasteiger partial charge in [-0.1, -0.05) is 50.3 Å². The molecular weight excluding hydrogens is 585 g/mol. The zero-order valence-electron chi connectivity index (χ0n) is 27.0. The van der Waals surface area contributed by atoms with Gasteiger partial charge in [0.1, 0.15) is 12.6 Å². The summed E-state index contributed by atoms with van der Waals surface area (Å²) in [5.41, 5.74) is 6.30. The summed E-state index contributed by atoms with van der Waals surface area (Å²) in [6.07, 6.45) is 2.39. The second kappa shape index (κ2) is 11.7. The van der Waals surface area contributed by atoms with Crippen molar-refractivity contribution in [3.63, 3.8) is 0 Å². The largest absolute Gasteiger partial charge is 0.361 e. The quantitative estimate of drug-likeness (QED) is 0.116. The molecule has 0 N–H and O–H groups in total. The molecule has 1 unspecified atom stereocenters. The van der Waals surface area contributed by atoms with E-state index in [1.54, 1.807) is 24.4 Å². The zero-order valence-corrected chi connectivity index (χ0v) is 28.8. The fraction of sp³-hybridized carbons (Fsp3) is 0.371. The van der Waals surface area contributed by atoms with Crippen molar-refractivity contribution in [3.8, 4) is 6.07 Å². The Labute approximate surface area is 262 Å². The van der Waals surface area contributed by atoms with Crippen molar-refractivity contribution in [2.45, 2.75) is 83.8 Å². The predicted molar refractivity (Wildman–Crippen MR) is 180 cm³/mol.